The summed E-state index contributed by atoms with van der Waals surface area (Å²) in [6.45, 7) is 4.20. The van der Waals surface area contributed by atoms with Gasteiger partial charge in [0.05, 0.1) is 29.1 Å². The molecule has 1 aromatic carbocycles. The second-order valence-electron chi connectivity index (χ2n) is 7.74. The van der Waals surface area contributed by atoms with Crippen molar-refractivity contribution in [3.63, 3.8) is 0 Å². The van der Waals surface area contributed by atoms with Gasteiger partial charge in [-0.3, -0.25) is 0 Å². The lowest BCUT2D eigenvalue weighted by atomic mass is 10.0. The highest BCUT2D eigenvalue weighted by Crippen LogP contribution is 2.36. The molecule has 0 bridgehead atoms. The number of rotatable bonds is 8. The van der Waals surface area contributed by atoms with Gasteiger partial charge >= 0.3 is 5.97 Å². The Morgan fingerprint density at radius 1 is 1.21 bits per heavy atom. The van der Waals surface area contributed by atoms with Crippen molar-refractivity contribution in [3.05, 3.63) is 64.2 Å². The van der Waals surface area contributed by atoms with E-state index in [0.29, 0.717) is 33.7 Å². The number of anilines is 2. The van der Waals surface area contributed by atoms with Gasteiger partial charge in [0, 0.05) is 10.4 Å². The van der Waals surface area contributed by atoms with Crippen molar-refractivity contribution in [1.82, 2.24) is 9.97 Å². The lowest BCUT2D eigenvalue weighted by molar-refractivity contribution is 0.0692. The molecule has 0 saturated carbocycles. The van der Waals surface area contributed by atoms with E-state index < -0.39 is 11.8 Å². The van der Waals surface area contributed by atoms with Crippen LogP contribution < -0.4 is 10.1 Å². The highest BCUT2D eigenvalue weighted by molar-refractivity contribution is 7.16. The van der Waals surface area contributed by atoms with Crippen LogP contribution in [-0.2, 0) is 6.42 Å². The summed E-state index contributed by atoms with van der Waals surface area (Å²) in [7, 11) is 1.42. The number of carboxylic acids is 1. The number of carboxylic acid groups (broad SMARTS) is 1. The number of methoxy groups -OCH3 is 1. The summed E-state index contributed by atoms with van der Waals surface area (Å²) in [5, 5.41) is 15.3. The van der Waals surface area contributed by atoms with Crippen LogP contribution in [-0.4, -0.2) is 28.2 Å². The zero-order valence-electron chi connectivity index (χ0n) is 18.3. The zero-order valence-corrected chi connectivity index (χ0v) is 19.9. The maximum Gasteiger partial charge on any atom is 0.356 e. The third-order valence-corrected chi connectivity index (χ3v) is 6.71. The number of nitrogens with one attached hydrogen (secondary N) is 1. The van der Waals surface area contributed by atoms with Gasteiger partial charge in [0.1, 0.15) is 0 Å². The van der Waals surface area contributed by atoms with E-state index in [1.807, 2.05) is 17.5 Å². The number of hydrogen-bond acceptors (Lipinski definition) is 7. The van der Waals surface area contributed by atoms with Crippen molar-refractivity contribution in [3.8, 4) is 27.6 Å². The highest BCUT2D eigenvalue weighted by Gasteiger charge is 2.19. The number of thiophene rings is 1. The number of carbonyl (C=O) groups is 1. The summed E-state index contributed by atoms with van der Waals surface area (Å²) in [6.07, 6.45) is 0.754. The largest absolute Gasteiger partial charge is 0.494 e. The topological polar surface area (TPSA) is 84.3 Å². The molecule has 33 heavy (non-hydrogen) atoms. The maximum atomic E-state index is 14.3. The SMILES string of the molecule is COc1ccc(-c2nc(Nc3ccc(-c4cccs4)nc3C(=O)O)sc2CC(C)C)cc1F. The fourth-order valence-corrected chi connectivity index (χ4v) is 5.26. The van der Waals surface area contributed by atoms with Gasteiger partial charge in [0.2, 0.25) is 0 Å². The fraction of sp³-hybridized carbons (Fsp3) is 0.208. The molecule has 0 atom stereocenters. The van der Waals surface area contributed by atoms with Crippen LogP contribution in [0, 0.1) is 11.7 Å². The molecule has 170 valence electrons. The van der Waals surface area contributed by atoms with Gasteiger partial charge in [-0.05, 0) is 54.1 Å². The number of halogens is 1. The second-order valence-corrected chi connectivity index (χ2v) is 9.77. The number of pyridine rings is 1. The smallest absolute Gasteiger partial charge is 0.356 e. The van der Waals surface area contributed by atoms with Gasteiger partial charge in [-0.2, -0.15) is 0 Å². The predicted molar refractivity (Wildman–Crippen MR) is 130 cm³/mol. The molecule has 4 aromatic rings. The summed E-state index contributed by atoms with van der Waals surface area (Å²) >= 11 is 2.91. The number of aromatic nitrogens is 2. The number of thiazole rings is 1. The van der Waals surface area contributed by atoms with E-state index in [-0.39, 0.29) is 11.4 Å². The summed E-state index contributed by atoms with van der Waals surface area (Å²) in [6, 6.07) is 12.0. The van der Waals surface area contributed by atoms with E-state index in [2.05, 4.69) is 29.1 Å². The van der Waals surface area contributed by atoms with Crippen LogP contribution in [0.5, 0.6) is 5.75 Å². The van der Waals surface area contributed by atoms with Gasteiger partial charge in [-0.1, -0.05) is 19.9 Å². The Labute approximate surface area is 198 Å². The van der Waals surface area contributed by atoms with Crippen molar-refractivity contribution in [1.29, 1.82) is 0 Å². The Hall–Kier alpha value is -3.30. The molecule has 0 spiro atoms. The van der Waals surface area contributed by atoms with Crippen LogP contribution in [0.25, 0.3) is 21.8 Å². The molecule has 0 unspecified atom stereocenters. The van der Waals surface area contributed by atoms with Gasteiger partial charge in [-0.15, -0.1) is 22.7 Å². The van der Waals surface area contributed by atoms with Crippen LogP contribution in [0.4, 0.5) is 15.2 Å². The fourth-order valence-electron chi connectivity index (χ4n) is 3.35. The second kappa shape index (κ2) is 9.68. The quantitative estimate of drug-likeness (QED) is 0.289. The number of aromatic carboxylic acids is 1. The standard InChI is InChI=1S/C24H22FN3O3S2/c1-13(2)11-20-21(14-6-9-18(31-3)15(25)12-14)28-24(33-20)27-17-8-7-16(19-5-4-10-32-19)26-22(17)23(29)30/h4-10,12-13H,11H2,1-3H3,(H,27,28)(H,29,30). The van der Waals surface area contributed by atoms with Crippen molar-refractivity contribution in [2.75, 3.05) is 12.4 Å². The first-order chi connectivity index (χ1) is 15.9. The van der Waals surface area contributed by atoms with E-state index in [0.717, 1.165) is 16.2 Å². The van der Waals surface area contributed by atoms with Gasteiger partial charge in [0.15, 0.2) is 22.4 Å². The van der Waals surface area contributed by atoms with Crippen molar-refractivity contribution < 1.29 is 19.0 Å². The molecule has 2 N–H and O–H groups in total. The Morgan fingerprint density at radius 2 is 2.03 bits per heavy atom. The van der Waals surface area contributed by atoms with E-state index in [1.165, 1.54) is 35.8 Å². The van der Waals surface area contributed by atoms with Crippen LogP contribution in [0.1, 0.15) is 29.2 Å². The number of ether oxygens (including phenoxy) is 1. The summed E-state index contributed by atoms with van der Waals surface area (Å²) in [5.74, 6) is -1.07. The van der Waals surface area contributed by atoms with Gasteiger partial charge in [-0.25, -0.2) is 19.2 Å². The van der Waals surface area contributed by atoms with Crippen molar-refractivity contribution >= 4 is 39.5 Å². The molecular weight excluding hydrogens is 461 g/mol. The first-order valence-corrected chi connectivity index (χ1v) is 11.9. The molecular formula is C24H22FN3O3S2. The molecule has 3 aromatic heterocycles. The normalized spacial score (nSPS) is 11.1. The van der Waals surface area contributed by atoms with E-state index in [1.54, 1.807) is 24.3 Å². The summed E-state index contributed by atoms with van der Waals surface area (Å²) < 4.78 is 19.4. The Morgan fingerprint density at radius 3 is 2.67 bits per heavy atom. The van der Waals surface area contributed by atoms with E-state index >= 15 is 0 Å². The summed E-state index contributed by atoms with van der Waals surface area (Å²) in [4.78, 5) is 22.8. The number of hydrogen-bond donors (Lipinski definition) is 2. The molecule has 0 radical (unpaired) electrons. The van der Waals surface area contributed by atoms with Gasteiger partial charge in [0.25, 0.3) is 0 Å². The molecule has 0 aliphatic heterocycles. The molecule has 0 aliphatic rings. The number of benzene rings is 1. The molecule has 0 saturated heterocycles. The summed E-state index contributed by atoms with van der Waals surface area (Å²) in [5.41, 5.74) is 2.16. The number of nitrogens with zero attached hydrogens (tertiary/aromatic N) is 2. The van der Waals surface area contributed by atoms with Crippen LogP contribution in [0.3, 0.4) is 0 Å². The lowest BCUT2D eigenvalue weighted by Crippen LogP contribution is -2.06. The van der Waals surface area contributed by atoms with Crippen molar-refractivity contribution in [2.24, 2.45) is 5.92 Å². The zero-order chi connectivity index (χ0) is 23.5. The molecule has 0 aliphatic carbocycles. The minimum atomic E-state index is -1.13. The predicted octanol–water partition coefficient (Wildman–Crippen LogP) is 6.72. The Kier molecular flexibility index (Phi) is 6.71. The first kappa shape index (κ1) is 22.9. The monoisotopic (exact) mass is 483 g/mol. The van der Waals surface area contributed by atoms with Gasteiger partial charge < -0.3 is 15.2 Å². The third-order valence-electron chi connectivity index (χ3n) is 4.83. The minimum Gasteiger partial charge on any atom is -0.494 e. The lowest BCUT2D eigenvalue weighted by Gasteiger charge is -2.08. The molecule has 6 nitrogen and oxygen atoms in total. The Balaban J connectivity index is 1.71. The maximum absolute atomic E-state index is 14.3. The molecule has 0 amide bonds. The van der Waals surface area contributed by atoms with Crippen molar-refractivity contribution in [2.45, 2.75) is 20.3 Å². The van der Waals surface area contributed by atoms with Crippen LogP contribution in [0.2, 0.25) is 0 Å². The Bertz CT molecular complexity index is 1290. The minimum absolute atomic E-state index is 0.0847. The molecule has 9 heteroatoms. The molecule has 3 heterocycles. The average Bonchev–Trinajstić information content (AvgIpc) is 3.44. The molecule has 0 fully saturated rings. The third kappa shape index (κ3) is 5.04. The van der Waals surface area contributed by atoms with Crippen LogP contribution >= 0.6 is 22.7 Å². The van der Waals surface area contributed by atoms with Crippen LogP contribution in [0.15, 0.2) is 47.8 Å². The highest BCUT2D eigenvalue weighted by atomic mass is 32.1. The van der Waals surface area contributed by atoms with E-state index in [4.69, 9.17) is 4.74 Å². The average molecular weight is 484 g/mol. The molecule has 4 rings (SSSR count). The first-order valence-electron chi connectivity index (χ1n) is 10.2. The van der Waals surface area contributed by atoms with E-state index in [9.17, 15) is 14.3 Å².